The standard InChI is InChI=1S/C10H15N5O/c11-8-5-13-6-9(14-8)15-4-2-1-3-7(15)10(12)16/h5-7H,1-4H2,(H2,11,14)(H2,12,16). The quantitative estimate of drug-likeness (QED) is 0.726. The minimum absolute atomic E-state index is 0.287. The van der Waals surface area contributed by atoms with Crippen LogP contribution in [0.1, 0.15) is 19.3 Å². The first-order chi connectivity index (χ1) is 7.68. The van der Waals surface area contributed by atoms with Gasteiger partial charge in [0.1, 0.15) is 17.7 Å². The normalized spacial score (nSPS) is 20.8. The van der Waals surface area contributed by atoms with Crippen molar-refractivity contribution in [2.75, 3.05) is 17.2 Å². The Balaban J connectivity index is 2.26. The summed E-state index contributed by atoms with van der Waals surface area (Å²) in [6.07, 6.45) is 5.90. The summed E-state index contributed by atoms with van der Waals surface area (Å²) in [5, 5.41) is 0. The van der Waals surface area contributed by atoms with Gasteiger partial charge in [-0.3, -0.25) is 9.78 Å². The molecule has 0 aliphatic carbocycles. The maximum Gasteiger partial charge on any atom is 0.240 e. The number of nitrogens with two attached hydrogens (primary N) is 2. The Bertz CT molecular complexity index is 395. The lowest BCUT2D eigenvalue weighted by Gasteiger charge is -2.34. The third-order valence-electron chi connectivity index (χ3n) is 2.77. The average Bonchev–Trinajstić information content (AvgIpc) is 2.29. The van der Waals surface area contributed by atoms with Gasteiger partial charge in [0.25, 0.3) is 0 Å². The third kappa shape index (κ3) is 2.05. The number of amides is 1. The van der Waals surface area contributed by atoms with Gasteiger partial charge in [-0.05, 0) is 19.3 Å². The molecular formula is C10H15N5O. The second-order valence-corrected chi connectivity index (χ2v) is 3.91. The topological polar surface area (TPSA) is 98.1 Å². The number of aromatic nitrogens is 2. The molecule has 0 bridgehead atoms. The van der Waals surface area contributed by atoms with Gasteiger partial charge < -0.3 is 16.4 Å². The minimum Gasteiger partial charge on any atom is -0.382 e. The van der Waals surface area contributed by atoms with E-state index in [2.05, 4.69) is 9.97 Å². The third-order valence-corrected chi connectivity index (χ3v) is 2.77. The van der Waals surface area contributed by atoms with Crippen LogP contribution in [0.5, 0.6) is 0 Å². The van der Waals surface area contributed by atoms with Crippen LogP contribution >= 0.6 is 0 Å². The van der Waals surface area contributed by atoms with Crippen LogP contribution in [0.15, 0.2) is 12.4 Å². The van der Waals surface area contributed by atoms with Crippen LogP contribution < -0.4 is 16.4 Å². The summed E-state index contributed by atoms with van der Waals surface area (Å²) in [5.74, 6) is 0.665. The van der Waals surface area contributed by atoms with E-state index in [0.29, 0.717) is 11.6 Å². The Hall–Kier alpha value is -1.85. The van der Waals surface area contributed by atoms with Crippen LogP contribution in [0, 0.1) is 0 Å². The first-order valence-corrected chi connectivity index (χ1v) is 5.32. The first kappa shape index (κ1) is 10.7. The van der Waals surface area contributed by atoms with E-state index in [0.717, 1.165) is 25.8 Å². The molecular weight excluding hydrogens is 206 g/mol. The zero-order valence-electron chi connectivity index (χ0n) is 8.97. The van der Waals surface area contributed by atoms with Gasteiger partial charge in [-0.25, -0.2) is 4.98 Å². The van der Waals surface area contributed by atoms with Gasteiger partial charge in [-0.15, -0.1) is 0 Å². The Labute approximate surface area is 93.7 Å². The molecule has 6 heteroatoms. The lowest BCUT2D eigenvalue weighted by Crippen LogP contribution is -2.48. The molecule has 2 rings (SSSR count). The number of nitrogens with zero attached hydrogens (tertiary/aromatic N) is 3. The molecule has 1 aliphatic heterocycles. The summed E-state index contributed by atoms with van der Waals surface area (Å²) < 4.78 is 0. The summed E-state index contributed by atoms with van der Waals surface area (Å²) in [6.45, 7) is 0.770. The maximum atomic E-state index is 11.3. The van der Waals surface area contributed by atoms with Gasteiger partial charge in [0.2, 0.25) is 5.91 Å². The van der Waals surface area contributed by atoms with Gasteiger partial charge in [0, 0.05) is 6.54 Å². The number of primary amides is 1. The number of hydrogen-bond donors (Lipinski definition) is 2. The van der Waals surface area contributed by atoms with Crippen LogP contribution in [0.3, 0.4) is 0 Å². The fourth-order valence-corrected chi connectivity index (χ4v) is 2.01. The Morgan fingerprint density at radius 1 is 1.44 bits per heavy atom. The molecule has 0 saturated carbocycles. The van der Waals surface area contributed by atoms with Crippen LogP contribution in [-0.4, -0.2) is 28.5 Å². The second kappa shape index (κ2) is 4.34. The average molecular weight is 221 g/mol. The Kier molecular flexibility index (Phi) is 2.89. The molecule has 0 radical (unpaired) electrons. The van der Waals surface area contributed by atoms with Crippen LogP contribution in [0.25, 0.3) is 0 Å². The van der Waals surface area contributed by atoms with Crippen LogP contribution in [0.4, 0.5) is 11.6 Å². The number of piperidine rings is 1. The van der Waals surface area contributed by atoms with Crippen LogP contribution in [-0.2, 0) is 4.79 Å². The van der Waals surface area contributed by atoms with E-state index in [1.54, 1.807) is 6.20 Å². The second-order valence-electron chi connectivity index (χ2n) is 3.91. The molecule has 1 aromatic rings. The van der Waals surface area contributed by atoms with E-state index in [-0.39, 0.29) is 11.9 Å². The summed E-state index contributed by atoms with van der Waals surface area (Å²) in [4.78, 5) is 21.3. The summed E-state index contributed by atoms with van der Waals surface area (Å²) >= 11 is 0. The van der Waals surface area contributed by atoms with Crippen molar-refractivity contribution < 1.29 is 4.79 Å². The highest BCUT2D eigenvalue weighted by Crippen LogP contribution is 2.22. The van der Waals surface area contributed by atoms with E-state index in [1.165, 1.54) is 6.20 Å². The molecule has 6 nitrogen and oxygen atoms in total. The van der Waals surface area contributed by atoms with Crippen molar-refractivity contribution in [2.24, 2.45) is 5.73 Å². The molecule has 1 amide bonds. The molecule has 86 valence electrons. The fourth-order valence-electron chi connectivity index (χ4n) is 2.01. The molecule has 1 fully saturated rings. The van der Waals surface area contributed by atoms with Crippen molar-refractivity contribution in [3.8, 4) is 0 Å². The summed E-state index contributed by atoms with van der Waals surface area (Å²) in [5.41, 5.74) is 10.9. The monoisotopic (exact) mass is 221 g/mol. The number of carbonyl (C=O) groups excluding carboxylic acids is 1. The van der Waals surface area contributed by atoms with Gasteiger partial charge in [0.15, 0.2) is 0 Å². The van der Waals surface area contributed by atoms with Crippen molar-refractivity contribution in [1.82, 2.24) is 9.97 Å². The number of rotatable bonds is 2. The van der Waals surface area contributed by atoms with E-state index < -0.39 is 0 Å². The molecule has 4 N–H and O–H groups in total. The fraction of sp³-hybridized carbons (Fsp3) is 0.500. The zero-order chi connectivity index (χ0) is 11.5. The van der Waals surface area contributed by atoms with Crippen molar-refractivity contribution in [3.05, 3.63) is 12.4 Å². The zero-order valence-corrected chi connectivity index (χ0v) is 8.97. The number of hydrogen-bond acceptors (Lipinski definition) is 5. The molecule has 1 aromatic heterocycles. The highest BCUT2D eigenvalue weighted by molar-refractivity contribution is 5.83. The Morgan fingerprint density at radius 2 is 2.25 bits per heavy atom. The predicted molar refractivity (Wildman–Crippen MR) is 60.6 cm³/mol. The minimum atomic E-state index is -0.316. The van der Waals surface area contributed by atoms with E-state index in [4.69, 9.17) is 11.5 Å². The van der Waals surface area contributed by atoms with E-state index in [1.807, 2.05) is 4.90 Å². The highest BCUT2D eigenvalue weighted by atomic mass is 16.1. The first-order valence-electron chi connectivity index (χ1n) is 5.32. The molecule has 1 atom stereocenters. The largest absolute Gasteiger partial charge is 0.382 e. The van der Waals surface area contributed by atoms with Crippen molar-refractivity contribution in [3.63, 3.8) is 0 Å². The lowest BCUT2D eigenvalue weighted by atomic mass is 10.0. The van der Waals surface area contributed by atoms with Gasteiger partial charge in [0.05, 0.1) is 12.4 Å². The molecule has 2 heterocycles. The van der Waals surface area contributed by atoms with Gasteiger partial charge >= 0.3 is 0 Å². The SMILES string of the molecule is NC(=O)C1CCCCN1c1cncc(N)n1. The van der Waals surface area contributed by atoms with Crippen molar-refractivity contribution in [2.45, 2.75) is 25.3 Å². The van der Waals surface area contributed by atoms with E-state index >= 15 is 0 Å². The Morgan fingerprint density at radius 3 is 2.94 bits per heavy atom. The van der Waals surface area contributed by atoms with Gasteiger partial charge in [-0.1, -0.05) is 0 Å². The molecule has 1 unspecified atom stereocenters. The lowest BCUT2D eigenvalue weighted by molar-refractivity contribution is -0.119. The maximum absolute atomic E-state index is 11.3. The van der Waals surface area contributed by atoms with Crippen LogP contribution in [0.2, 0.25) is 0 Å². The molecule has 0 aromatic carbocycles. The summed E-state index contributed by atoms with van der Waals surface area (Å²) in [7, 11) is 0. The predicted octanol–water partition coefficient (Wildman–Crippen LogP) is -0.0970. The molecule has 1 saturated heterocycles. The smallest absolute Gasteiger partial charge is 0.240 e. The summed E-state index contributed by atoms with van der Waals surface area (Å²) in [6, 6.07) is -0.287. The molecule has 0 spiro atoms. The number of nitrogen functional groups attached to an aromatic ring is 1. The van der Waals surface area contributed by atoms with E-state index in [9.17, 15) is 4.79 Å². The highest BCUT2D eigenvalue weighted by Gasteiger charge is 2.28. The van der Waals surface area contributed by atoms with Crippen molar-refractivity contribution in [1.29, 1.82) is 0 Å². The molecule has 1 aliphatic rings. The molecule has 16 heavy (non-hydrogen) atoms. The van der Waals surface area contributed by atoms with Gasteiger partial charge in [-0.2, -0.15) is 0 Å². The number of carbonyl (C=O) groups is 1. The number of anilines is 2. The van der Waals surface area contributed by atoms with Crippen molar-refractivity contribution >= 4 is 17.5 Å².